The van der Waals surface area contributed by atoms with Gasteiger partial charge in [0, 0.05) is 0 Å². The summed E-state index contributed by atoms with van der Waals surface area (Å²) in [7, 11) is 0. The van der Waals surface area contributed by atoms with Crippen LogP contribution < -0.4 is 5.32 Å². The molecule has 4 aromatic rings. The Kier molecular flexibility index (Phi) is 4.13. The number of benzene rings is 1. The second kappa shape index (κ2) is 6.84. The molecule has 4 heterocycles. The van der Waals surface area contributed by atoms with E-state index in [1.54, 1.807) is 31.2 Å². The predicted molar refractivity (Wildman–Crippen MR) is 103 cm³/mol. The lowest BCUT2D eigenvalue weighted by atomic mass is 9.91. The number of tetrazole rings is 1. The van der Waals surface area contributed by atoms with Crippen molar-refractivity contribution in [1.82, 2.24) is 40.6 Å². The van der Waals surface area contributed by atoms with Crippen molar-refractivity contribution in [2.75, 3.05) is 0 Å². The highest BCUT2D eigenvalue weighted by Crippen LogP contribution is 2.31. The number of nitrogens with one attached hydrogen (secondary N) is 1. The number of nitrogens with zero attached hydrogens (tertiary/aromatic N) is 7. The first kappa shape index (κ1) is 18.1. The monoisotopic (exact) mass is 422 g/mol. The van der Waals surface area contributed by atoms with Crippen LogP contribution in [0.25, 0.3) is 16.4 Å². The number of carbonyl (C=O) groups is 2. The Morgan fingerprint density at radius 3 is 2.90 bits per heavy atom. The van der Waals surface area contributed by atoms with Gasteiger partial charge in [0.1, 0.15) is 18.4 Å². The Labute approximate surface area is 173 Å². The van der Waals surface area contributed by atoms with E-state index in [1.807, 2.05) is 17.5 Å². The molecule has 1 aromatic carbocycles. The minimum absolute atomic E-state index is 0.120. The summed E-state index contributed by atoms with van der Waals surface area (Å²) < 4.78 is 6.70. The molecule has 0 bridgehead atoms. The summed E-state index contributed by atoms with van der Waals surface area (Å²) in [5.74, 6) is 0.176. The highest BCUT2D eigenvalue weighted by molar-refractivity contribution is 7.13. The molecule has 30 heavy (non-hydrogen) atoms. The molecule has 3 amide bonds. The molecule has 1 aliphatic rings. The normalized spacial score (nSPS) is 18.8. The van der Waals surface area contributed by atoms with Gasteiger partial charge in [0.05, 0.1) is 10.6 Å². The molecule has 0 radical (unpaired) electrons. The zero-order valence-corrected chi connectivity index (χ0v) is 16.4. The van der Waals surface area contributed by atoms with Crippen molar-refractivity contribution in [3.05, 3.63) is 59.6 Å². The fourth-order valence-electron chi connectivity index (χ4n) is 3.24. The topological polar surface area (TPSA) is 132 Å². The number of hydrogen-bond donors (Lipinski definition) is 1. The van der Waals surface area contributed by atoms with Gasteiger partial charge < -0.3 is 9.84 Å². The van der Waals surface area contributed by atoms with Crippen molar-refractivity contribution >= 4 is 23.3 Å². The van der Waals surface area contributed by atoms with Crippen molar-refractivity contribution in [2.45, 2.75) is 19.0 Å². The molecule has 0 spiro atoms. The maximum Gasteiger partial charge on any atom is 0.325 e. The lowest BCUT2D eigenvalue weighted by Gasteiger charge is -2.22. The average molecular weight is 422 g/mol. The largest absolute Gasteiger partial charge is 0.337 e. The lowest BCUT2D eigenvalue weighted by molar-refractivity contribution is -0.131. The van der Waals surface area contributed by atoms with Crippen LogP contribution in [0.4, 0.5) is 4.79 Å². The Hall–Kier alpha value is -3.93. The summed E-state index contributed by atoms with van der Waals surface area (Å²) in [6, 6.07) is 10.3. The molecule has 11 nitrogen and oxygen atoms in total. The molecule has 5 rings (SSSR count). The highest BCUT2D eigenvalue weighted by atomic mass is 32.1. The maximum absolute atomic E-state index is 13.2. The number of urea groups is 1. The SMILES string of the molecule is C[C@@]1(c2cccc(-n3cnnn3)c2)NC(=O)N(Cc2nc(-c3cccs3)no2)C1=O. The fourth-order valence-corrected chi connectivity index (χ4v) is 3.88. The van der Waals surface area contributed by atoms with Crippen LogP contribution in [-0.4, -0.2) is 47.2 Å². The first-order valence-corrected chi connectivity index (χ1v) is 9.77. The number of thiophene rings is 1. The minimum atomic E-state index is -1.25. The lowest BCUT2D eigenvalue weighted by Crippen LogP contribution is -2.40. The third-order valence-corrected chi connectivity index (χ3v) is 5.68. The van der Waals surface area contributed by atoms with Crippen molar-refractivity contribution in [3.8, 4) is 16.4 Å². The smallest absolute Gasteiger partial charge is 0.325 e. The van der Waals surface area contributed by atoms with E-state index in [9.17, 15) is 9.59 Å². The average Bonchev–Trinajstić information content (AvgIpc) is 3.54. The summed E-state index contributed by atoms with van der Waals surface area (Å²) in [5, 5.41) is 19.7. The van der Waals surface area contributed by atoms with Crippen LogP contribution in [0.1, 0.15) is 18.4 Å². The summed E-state index contributed by atoms with van der Waals surface area (Å²) >= 11 is 1.47. The molecule has 1 atom stereocenters. The predicted octanol–water partition coefficient (Wildman–Crippen LogP) is 1.74. The zero-order valence-electron chi connectivity index (χ0n) is 15.6. The number of rotatable bonds is 5. The molecule has 1 N–H and O–H groups in total. The molecular weight excluding hydrogens is 408 g/mol. The number of imide groups is 1. The summed E-state index contributed by atoms with van der Waals surface area (Å²) in [6.45, 7) is 1.53. The number of aromatic nitrogens is 6. The van der Waals surface area contributed by atoms with Crippen LogP contribution in [0, 0.1) is 0 Å². The van der Waals surface area contributed by atoms with E-state index in [4.69, 9.17) is 4.52 Å². The van der Waals surface area contributed by atoms with Gasteiger partial charge in [-0.2, -0.15) is 4.98 Å². The molecule has 0 aliphatic carbocycles. The van der Waals surface area contributed by atoms with E-state index in [1.165, 1.54) is 22.3 Å². The molecule has 0 saturated carbocycles. The van der Waals surface area contributed by atoms with Crippen LogP contribution in [0.5, 0.6) is 0 Å². The zero-order chi connectivity index (χ0) is 20.7. The Morgan fingerprint density at radius 1 is 1.23 bits per heavy atom. The van der Waals surface area contributed by atoms with Gasteiger partial charge in [0.15, 0.2) is 0 Å². The van der Waals surface area contributed by atoms with Gasteiger partial charge in [0.25, 0.3) is 5.91 Å². The molecule has 150 valence electrons. The van der Waals surface area contributed by atoms with Crippen LogP contribution in [-0.2, 0) is 16.9 Å². The van der Waals surface area contributed by atoms with Crippen molar-refractivity contribution < 1.29 is 14.1 Å². The molecule has 1 fully saturated rings. The number of hydrogen-bond acceptors (Lipinski definition) is 9. The summed E-state index contributed by atoms with van der Waals surface area (Å²) in [4.78, 5) is 32.0. The van der Waals surface area contributed by atoms with Gasteiger partial charge in [-0.15, -0.1) is 16.4 Å². The standard InChI is InChI=1S/C18H14N8O3S/c1-18(11-4-2-5-12(8-11)26-10-19-23-24-26)16(27)25(17(28)21-18)9-14-20-15(22-29-14)13-6-3-7-30-13/h2-8,10H,9H2,1H3,(H,21,28)/t18-/m0/s1. The Bertz CT molecular complexity index is 1220. The van der Waals surface area contributed by atoms with Crippen molar-refractivity contribution in [1.29, 1.82) is 0 Å². The maximum atomic E-state index is 13.2. The van der Waals surface area contributed by atoms with Crippen LogP contribution in [0.2, 0.25) is 0 Å². The second-order valence-electron chi connectivity index (χ2n) is 6.74. The van der Waals surface area contributed by atoms with Gasteiger partial charge in [-0.05, 0) is 46.5 Å². The van der Waals surface area contributed by atoms with E-state index in [0.717, 1.165) is 9.78 Å². The Morgan fingerprint density at radius 2 is 2.13 bits per heavy atom. The second-order valence-corrected chi connectivity index (χ2v) is 7.69. The molecule has 3 aromatic heterocycles. The van der Waals surface area contributed by atoms with Gasteiger partial charge in [-0.1, -0.05) is 23.4 Å². The number of carbonyl (C=O) groups excluding carboxylic acids is 2. The number of amides is 3. The van der Waals surface area contributed by atoms with Gasteiger partial charge in [-0.25, -0.2) is 9.48 Å². The molecule has 0 unspecified atom stereocenters. The molecule has 12 heteroatoms. The third kappa shape index (κ3) is 2.93. The molecule has 1 aliphatic heterocycles. The van der Waals surface area contributed by atoms with Crippen LogP contribution >= 0.6 is 11.3 Å². The fraction of sp³-hybridized carbons (Fsp3) is 0.167. The molecular formula is C18H14N8O3S. The Balaban J connectivity index is 1.41. The third-order valence-electron chi connectivity index (χ3n) is 4.82. The van der Waals surface area contributed by atoms with E-state index in [0.29, 0.717) is 17.1 Å². The molecule has 1 saturated heterocycles. The van der Waals surface area contributed by atoms with Gasteiger partial charge in [-0.3, -0.25) is 9.69 Å². The van der Waals surface area contributed by atoms with Crippen molar-refractivity contribution in [3.63, 3.8) is 0 Å². The summed E-state index contributed by atoms with van der Waals surface area (Å²) in [6.07, 6.45) is 1.45. The summed E-state index contributed by atoms with van der Waals surface area (Å²) in [5.41, 5.74) is 0.00964. The quantitative estimate of drug-likeness (QED) is 0.481. The van der Waals surface area contributed by atoms with Gasteiger partial charge >= 0.3 is 6.03 Å². The van der Waals surface area contributed by atoms with Gasteiger partial charge in [0.2, 0.25) is 11.7 Å². The van der Waals surface area contributed by atoms with E-state index in [2.05, 4.69) is 31.0 Å². The van der Waals surface area contributed by atoms with Crippen LogP contribution in [0.15, 0.2) is 52.6 Å². The van der Waals surface area contributed by atoms with E-state index >= 15 is 0 Å². The van der Waals surface area contributed by atoms with Crippen LogP contribution in [0.3, 0.4) is 0 Å². The first-order valence-electron chi connectivity index (χ1n) is 8.89. The van der Waals surface area contributed by atoms with E-state index < -0.39 is 17.5 Å². The minimum Gasteiger partial charge on any atom is -0.337 e. The first-order chi connectivity index (χ1) is 14.5. The highest BCUT2D eigenvalue weighted by Gasteiger charge is 2.49. The van der Waals surface area contributed by atoms with E-state index in [-0.39, 0.29) is 12.4 Å². The van der Waals surface area contributed by atoms with Crippen molar-refractivity contribution in [2.24, 2.45) is 0 Å².